The number of ether oxygens (including phenoxy) is 1. The summed E-state index contributed by atoms with van der Waals surface area (Å²) in [5.74, 6) is 0. The van der Waals surface area contributed by atoms with E-state index in [0.717, 1.165) is 26.0 Å². The molecule has 0 spiro atoms. The summed E-state index contributed by atoms with van der Waals surface area (Å²) in [5, 5.41) is 12.8. The van der Waals surface area contributed by atoms with E-state index in [1.165, 1.54) is 0 Å². The van der Waals surface area contributed by atoms with Crippen LogP contribution in [0, 0.1) is 0 Å². The van der Waals surface area contributed by atoms with Gasteiger partial charge in [0.25, 0.3) is 0 Å². The molecule has 0 heterocycles. The highest BCUT2D eigenvalue weighted by Gasteiger charge is 2.03. The zero-order valence-electron chi connectivity index (χ0n) is 11.2. The summed E-state index contributed by atoms with van der Waals surface area (Å²) in [7, 11) is 3.93. The highest BCUT2D eigenvalue weighted by molar-refractivity contribution is 4.62. The van der Waals surface area contributed by atoms with Crippen LogP contribution in [0.5, 0.6) is 0 Å². The molecule has 0 aliphatic heterocycles. The second-order valence-corrected chi connectivity index (χ2v) is 4.75. The smallest absolute Gasteiger partial charge is 0.0791 e. The Morgan fingerprint density at radius 2 is 1.94 bits per heavy atom. The van der Waals surface area contributed by atoms with Crippen LogP contribution < -0.4 is 5.32 Å². The van der Waals surface area contributed by atoms with E-state index in [0.29, 0.717) is 19.2 Å². The maximum atomic E-state index is 9.57. The Hall–Kier alpha value is -0.160. The zero-order valence-corrected chi connectivity index (χ0v) is 11.2. The van der Waals surface area contributed by atoms with Gasteiger partial charge >= 0.3 is 0 Å². The minimum Gasteiger partial charge on any atom is -0.390 e. The predicted octanol–water partition coefficient (Wildman–Crippen LogP) is 0.704. The number of hydrogen-bond donors (Lipinski definition) is 2. The summed E-state index contributed by atoms with van der Waals surface area (Å²) in [4.78, 5) is 1.99. The minimum absolute atomic E-state index is 0.276. The molecule has 4 nitrogen and oxygen atoms in total. The maximum Gasteiger partial charge on any atom is 0.0791 e. The van der Waals surface area contributed by atoms with E-state index < -0.39 is 0 Å². The van der Waals surface area contributed by atoms with E-state index in [-0.39, 0.29) is 6.10 Å². The number of rotatable bonds is 10. The lowest BCUT2D eigenvalue weighted by atomic mass is 10.3. The third kappa shape index (κ3) is 11.9. The standard InChI is InChI=1S/C12H28N2O2/c1-11(2)16-8-6-5-7-13-9-12(15)10-14(3)4/h11-13,15H,5-10H2,1-4H3. The lowest BCUT2D eigenvalue weighted by Gasteiger charge is -2.16. The molecule has 0 aliphatic carbocycles. The van der Waals surface area contributed by atoms with Crippen LogP contribution in [-0.4, -0.2) is 62.6 Å². The van der Waals surface area contributed by atoms with Gasteiger partial charge in [0.1, 0.15) is 0 Å². The normalized spacial score (nSPS) is 13.7. The van der Waals surface area contributed by atoms with Crippen molar-refractivity contribution in [1.82, 2.24) is 10.2 Å². The Balaban J connectivity index is 3.14. The van der Waals surface area contributed by atoms with Crippen molar-refractivity contribution in [2.45, 2.75) is 38.9 Å². The molecule has 0 saturated carbocycles. The molecular formula is C12H28N2O2. The fourth-order valence-corrected chi connectivity index (χ4v) is 1.43. The molecule has 0 rings (SSSR count). The van der Waals surface area contributed by atoms with E-state index in [2.05, 4.69) is 19.2 Å². The summed E-state index contributed by atoms with van der Waals surface area (Å²) < 4.78 is 5.44. The van der Waals surface area contributed by atoms with Crippen LogP contribution in [0.4, 0.5) is 0 Å². The quantitative estimate of drug-likeness (QED) is 0.544. The van der Waals surface area contributed by atoms with E-state index in [9.17, 15) is 5.11 Å². The van der Waals surface area contributed by atoms with Crippen molar-refractivity contribution in [3.05, 3.63) is 0 Å². The Morgan fingerprint density at radius 1 is 1.25 bits per heavy atom. The molecule has 1 atom stereocenters. The summed E-state index contributed by atoms with van der Waals surface area (Å²) in [6.45, 7) is 7.27. The lowest BCUT2D eigenvalue weighted by molar-refractivity contribution is 0.0758. The molecular weight excluding hydrogens is 204 g/mol. The first kappa shape index (κ1) is 15.8. The summed E-state index contributed by atoms with van der Waals surface area (Å²) in [5.41, 5.74) is 0. The molecule has 0 saturated heterocycles. The lowest BCUT2D eigenvalue weighted by Crippen LogP contribution is -2.35. The van der Waals surface area contributed by atoms with Gasteiger partial charge in [-0.1, -0.05) is 0 Å². The number of aliphatic hydroxyl groups is 1. The van der Waals surface area contributed by atoms with Gasteiger partial charge in [-0.05, 0) is 47.3 Å². The first-order valence-electron chi connectivity index (χ1n) is 6.17. The summed E-state index contributed by atoms with van der Waals surface area (Å²) in [6.07, 6.45) is 2.23. The number of nitrogens with one attached hydrogen (secondary N) is 1. The van der Waals surface area contributed by atoms with E-state index in [1.54, 1.807) is 0 Å². The van der Waals surface area contributed by atoms with Gasteiger partial charge in [0.15, 0.2) is 0 Å². The molecule has 0 aromatic carbocycles. The van der Waals surface area contributed by atoms with E-state index in [1.807, 2.05) is 19.0 Å². The molecule has 0 aromatic heterocycles. The summed E-state index contributed by atoms with van der Waals surface area (Å²) >= 11 is 0. The van der Waals surface area contributed by atoms with E-state index in [4.69, 9.17) is 4.74 Å². The molecule has 2 N–H and O–H groups in total. The Kier molecular flexibility index (Phi) is 9.92. The van der Waals surface area contributed by atoms with Crippen molar-refractivity contribution in [2.24, 2.45) is 0 Å². The van der Waals surface area contributed by atoms with Crippen molar-refractivity contribution in [1.29, 1.82) is 0 Å². The average Bonchev–Trinajstić information content (AvgIpc) is 2.14. The molecule has 98 valence electrons. The fourth-order valence-electron chi connectivity index (χ4n) is 1.43. The molecule has 1 unspecified atom stereocenters. The van der Waals surface area contributed by atoms with Crippen molar-refractivity contribution < 1.29 is 9.84 Å². The molecule has 0 radical (unpaired) electrons. The van der Waals surface area contributed by atoms with Gasteiger partial charge in [-0.25, -0.2) is 0 Å². The van der Waals surface area contributed by atoms with Crippen LogP contribution in [0.15, 0.2) is 0 Å². The van der Waals surface area contributed by atoms with Crippen LogP contribution >= 0.6 is 0 Å². The average molecular weight is 232 g/mol. The third-order valence-electron chi connectivity index (χ3n) is 2.15. The second kappa shape index (κ2) is 10.0. The van der Waals surface area contributed by atoms with Crippen LogP contribution in [0.1, 0.15) is 26.7 Å². The van der Waals surface area contributed by atoms with Crippen LogP contribution in [0.25, 0.3) is 0 Å². The monoisotopic (exact) mass is 232 g/mol. The highest BCUT2D eigenvalue weighted by atomic mass is 16.5. The number of aliphatic hydroxyl groups excluding tert-OH is 1. The van der Waals surface area contributed by atoms with E-state index >= 15 is 0 Å². The first-order chi connectivity index (χ1) is 7.52. The van der Waals surface area contributed by atoms with Crippen LogP contribution in [0.3, 0.4) is 0 Å². The first-order valence-corrected chi connectivity index (χ1v) is 6.17. The van der Waals surface area contributed by atoms with Crippen LogP contribution in [0.2, 0.25) is 0 Å². The fraction of sp³-hybridized carbons (Fsp3) is 1.00. The number of unbranched alkanes of at least 4 members (excludes halogenated alkanes) is 1. The van der Waals surface area contributed by atoms with Crippen molar-refractivity contribution in [2.75, 3.05) is 40.3 Å². The maximum absolute atomic E-state index is 9.57. The van der Waals surface area contributed by atoms with Gasteiger partial charge in [-0.2, -0.15) is 0 Å². The Morgan fingerprint density at radius 3 is 2.50 bits per heavy atom. The molecule has 16 heavy (non-hydrogen) atoms. The predicted molar refractivity (Wildman–Crippen MR) is 67.8 cm³/mol. The minimum atomic E-state index is -0.276. The highest BCUT2D eigenvalue weighted by Crippen LogP contribution is 1.93. The van der Waals surface area contributed by atoms with Crippen LogP contribution in [-0.2, 0) is 4.74 Å². The molecule has 4 heteroatoms. The number of nitrogens with zero attached hydrogens (tertiary/aromatic N) is 1. The third-order valence-corrected chi connectivity index (χ3v) is 2.15. The molecule has 0 amide bonds. The Labute approximate surface area is 100.0 Å². The summed E-state index contributed by atoms with van der Waals surface area (Å²) in [6, 6.07) is 0. The topological polar surface area (TPSA) is 44.7 Å². The second-order valence-electron chi connectivity index (χ2n) is 4.75. The molecule has 0 fully saturated rings. The number of likely N-dealkylation sites (N-methyl/N-ethyl adjacent to an activating group) is 1. The number of hydrogen-bond acceptors (Lipinski definition) is 4. The van der Waals surface area contributed by atoms with Crippen molar-refractivity contribution >= 4 is 0 Å². The van der Waals surface area contributed by atoms with Crippen molar-refractivity contribution in [3.8, 4) is 0 Å². The van der Waals surface area contributed by atoms with Crippen molar-refractivity contribution in [3.63, 3.8) is 0 Å². The molecule has 0 aromatic rings. The van der Waals surface area contributed by atoms with Gasteiger partial charge in [0.2, 0.25) is 0 Å². The molecule has 0 aliphatic rings. The van der Waals surface area contributed by atoms with Gasteiger partial charge in [-0.3, -0.25) is 0 Å². The largest absolute Gasteiger partial charge is 0.390 e. The molecule has 0 bridgehead atoms. The van der Waals surface area contributed by atoms with Gasteiger partial charge in [-0.15, -0.1) is 0 Å². The van der Waals surface area contributed by atoms with Gasteiger partial charge < -0.3 is 20.1 Å². The Bertz CT molecular complexity index is 152. The van der Waals surface area contributed by atoms with Gasteiger partial charge in [0, 0.05) is 19.7 Å². The van der Waals surface area contributed by atoms with Gasteiger partial charge in [0.05, 0.1) is 12.2 Å². The zero-order chi connectivity index (χ0) is 12.4. The SMILES string of the molecule is CC(C)OCCCCNCC(O)CN(C)C.